The molecule has 1 aliphatic heterocycles. The summed E-state index contributed by atoms with van der Waals surface area (Å²) in [6, 6.07) is 9.53. The second-order valence-electron chi connectivity index (χ2n) is 5.51. The Labute approximate surface area is 114 Å². The predicted octanol–water partition coefficient (Wildman–Crippen LogP) is 1.79. The van der Waals surface area contributed by atoms with Crippen molar-refractivity contribution in [2.45, 2.75) is 31.8 Å². The summed E-state index contributed by atoms with van der Waals surface area (Å²) in [6.07, 6.45) is 0.637. The maximum absolute atomic E-state index is 11.6. The number of benzene rings is 1. The lowest BCUT2D eigenvalue weighted by Gasteiger charge is -2.29. The van der Waals surface area contributed by atoms with Crippen molar-refractivity contribution in [3.05, 3.63) is 35.4 Å². The number of nitriles is 1. The normalized spacial score (nSPS) is 26.8. The van der Waals surface area contributed by atoms with Crippen molar-refractivity contribution < 1.29 is 8.42 Å². The smallest absolute Gasteiger partial charge is 0.152 e. The van der Waals surface area contributed by atoms with Gasteiger partial charge in [-0.3, -0.25) is 0 Å². The van der Waals surface area contributed by atoms with Crippen LogP contribution in [0.25, 0.3) is 0 Å². The second kappa shape index (κ2) is 4.95. The molecule has 5 heteroatoms. The van der Waals surface area contributed by atoms with Gasteiger partial charge in [0.2, 0.25) is 0 Å². The molecule has 1 aromatic rings. The van der Waals surface area contributed by atoms with Gasteiger partial charge in [0.1, 0.15) is 0 Å². The van der Waals surface area contributed by atoms with Crippen LogP contribution in [0, 0.1) is 11.3 Å². The molecule has 1 N–H and O–H groups in total. The van der Waals surface area contributed by atoms with Crippen LogP contribution >= 0.6 is 0 Å². The van der Waals surface area contributed by atoms with Crippen LogP contribution in [0.5, 0.6) is 0 Å². The maximum Gasteiger partial charge on any atom is 0.152 e. The monoisotopic (exact) mass is 278 g/mol. The van der Waals surface area contributed by atoms with Gasteiger partial charge in [-0.15, -0.1) is 0 Å². The molecule has 19 heavy (non-hydrogen) atoms. The Morgan fingerprint density at radius 3 is 2.79 bits per heavy atom. The molecule has 0 bridgehead atoms. The zero-order chi connectivity index (χ0) is 14.1. The highest BCUT2D eigenvalue weighted by atomic mass is 32.2. The van der Waals surface area contributed by atoms with Crippen molar-refractivity contribution in [3.8, 4) is 6.07 Å². The summed E-state index contributed by atoms with van der Waals surface area (Å²) < 4.78 is 23.2. The van der Waals surface area contributed by atoms with Gasteiger partial charge in [0.15, 0.2) is 9.84 Å². The molecule has 0 amide bonds. The number of hydrogen-bond acceptors (Lipinski definition) is 4. The minimum Gasteiger partial charge on any atom is -0.304 e. The minimum absolute atomic E-state index is 0.0200. The molecule has 0 radical (unpaired) electrons. The molecule has 2 atom stereocenters. The highest BCUT2D eigenvalue weighted by Gasteiger charge is 2.38. The lowest BCUT2D eigenvalue weighted by atomic mass is 9.98. The topological polar surface area (TPSA) is 70.0 Å². The largest absolute Gasteiger partial charge is 0.304 e. The van der Waals surface area contributed by atoms with E-state index in [9.17, 15) is 8.42 Å². The summed E-state index contributed by atoms with van der Waals surface area (Å²) in [5, 5.41) is 12.3. The van der Waals surface area contributed by atoms with Gasteiger partial charge in [-0.25, -0.2) is 8.42 Å². The van der Waals surface area contributed by atoms with E-state index >= 15 is 0 Å². The Hall–Kier alpha value is -1.38. The van der Waals surface area contributed by atoms with Crippen LogP contribution in [0.2, 0.25) is 0 Å². The van der Waals surface area contributed by atoms with Gasteiger partial charge in [0, 0.05) is 11.6 Å². The van der Waals surface area contributed by atoms with Crippen LogP contribution in [-0.2, 0) is 9.84 Å². The minimum atomic E-state index is -2.91. The van der Waals surface area contributed by atoms with Gasteiger partial charge in [-0.05, 0) is 38.0 Å². The molecule has 4 nitrogen and oxygen atoms in total. The van der Waals surface area contributed by atoms with Crippen LogP contribution in [0.15, 0.2) is 24.3 Å². The Morgan fingerprint density at radius 1 is 1.47 bits per heavy atom. The third-order valence-corrected chi connectivity index (χ3v) is 5.49. The van der Waals surface area contributed by atoms with Crippen molar-refractivity contribution in [1.82, 2.24) is 5.32 Å². The van der Waals surface area contributed by atoms with Crippen molar-refractivity contribution in [1.29, 1.82) is 5.26 Å². The van der Waals surface area contributed by atoms with E-state index in [0.29, 0.717) is 12.0 Å². The average Bonchev–Trinajstić information content (AvgIpc) is 2.63. The molecule has 102 valence electrons. The van der Waals surface area contributed by atoms with Crippen LogP contribution in [-0.4, -0.2) is 25.5 Å². The fourth-order valence-corrected chi connectivity index (χ4v) is 4.71. The van der Waals surface area contributed by atoms with Gasteiger partial charge < -0.3 is 5.32 Å². The molecule has 2 rings (SSSR count). The highest BCUT2D eigenvalue weighted by molar-refractivity contribution is 7.91. The summed E-state index contributed by atoms with van der Waals surface area (Å²) in [5.41, 5.74) is 1.25. The lowest BCUT2D eigenvalue weighted by molar-refractivity contribution is 0.355. The van der Waals surface area contributed by atoms with Crippen molar-refractivity contribution in [3.63, 3.8) is 0 Å². The Morgan fingerprint density at radius 2 is 2.21 bits per heavy atom. The molecule has 1 aromatic carbocycles. The van der Waals surface area contributed by atoms with Crippen molar-refractivity contribution in [2.75, 3.05) is 11.5 Å². The molecular formula is C14H18N2O2S. The first-order chi connectivity index (χ1) is 8.84. The van der Waals surface area contributed by atoms with Gasteiger partial charge in [0.25, 0.3) is 0 Å². The number of rotatable bonds is 3. The second-order valence-corrected chi connectivity index (χ2v) is 7.69. The quantitative estimate of drug-likeness (QED) is 0.915. The predicted molar refractivity (Wildman–Crippen MR) is 74.4 cm³/mol. The fraction of sp³-hybridized carbons (Fsp3) is 0.500. The zero-order valence-electron chi connectivity index (χ0n) is 11.2. The first-order valence-electron chi connectivity index (χ1n) is 6.32. The van der Waals surface area contributed by atoms with Gasteiger partial charge >= 0.3 is 0 Å². The highest BCUT2D eigenvalue weighted by Crippen LogP contribution is 2.26. The van der Waals surface area contributed by atoms with E-state index in [1.54, 1.807) is 6.07 Å². The van der Waals surface area contributed by atoms with Crippen molar-refractivity contribution in [2.24, 2.45) is 0 Å². The van der Waals surface area contributed by atoms with E-state index < -0.39 is 9.84 Å². The molecule has 1 fully saturated rings. The molecule has 0 saturated carbocycles. The van der Waals surface area contributed by atoms with Crippen LogP contribution in [0.3, 0.4) is 0 Å². The summed E-state index contributed by atoms with van der Waals surface area (Å²) >= 11 is 0. The molecular weight excluding hydrogens is 260 g/mol. The molecule has 0 spiro atoms. The first-order valence-corrected chi connectivity index (χ1v) is 8.14. The zero-order valence-corrected chi connectivity index (χ0v) is 12.0. The van der Waals surface area contributed by atoms with Crippen LogP contribution < -0.4 is 5.32 Å². The summed E-state index contributed by atoms with van der Waals surface area (Å²) in [4.78, 5) is 0. The molecule has 0 aliphatic carbocycles. The van der Waals surface area contributed by atoms with E-state index in [1.807, 2.05) is 32.0 Å². The number of hydrogen-bond donors (Lipinski definition) is 1. The number of nitrogens with one attached hydrogen (secondary N) is 1. The third-order valence-electron chi connectivity index (χ3n) is 3.58. The van der Waals surface area contributed by atoms with Gasteiger partial charge in [-0.1, -0.05) is 12.1 Å². The molecule has 1 saturated heterocycles. The van der Waals surface area contributed by atoms with E-state index in [1.165, 1.54) is 0 Å². The van der Waals surface area contributed by atoms with E-state index in [4.69, 9.17) is 5.26 Å². The maximum atomic E-state index is 11.6. The van der Waals surface area contributed by atoms with E-state index in [0.717, 1.165) is 5.56 Å². The Bertz CT molecular complexity index is 619. The number of sulfone groups is 1. The third kappa shape index (κ3) is 3.34. The van der Waals surface area contributed by atoms with Crippen LogP contribution in [0.4, 0.5) is 0 Å². The first kappa shape index (κ1) is 14.0. The Kier molecular flexibility index (Phi) is 3.66. The van der Waals surface area contributed by atoms with Gasteiger partial charge in [0.05, 0.1) is 23.1 Å². The standard InChI is InChI=1S/C14H18N2O2S/c1-11(13-5-3-4-12(8-13)9-15)16-14(2)6-7-19(17,18)10-14/h3-5,8,11,16H,6-7,10H2,1-2H3. The molecule has 0 aromatic heterocycles. The Balaban J connectivity index is 2.13. The molecule has 2 unspecified atom stereocenters. The lowest BCUT2D eigenvalue weighted by Crippen LogP contribution is -2.44. The molecule has 1 heterocycles. The molecule has 1 aliphatic rings. The van der Waals surface area contributed by atoms with Crippen LogP contribution in [0.1, 0.15) is 37.4 Å². The summed E-state index contributed by atoms with van der Waals surface area (Å²) in [6.45, 7) is 3.94. The average molecular weight is 278 g/mol. The van der Waals surface area contributed by atoms with E-state index in [-0.39, 0.29) is 23.1 Å². The van der Waals surface area contributed by atoms with Gasteiger partial charge in [-0.2, -0.15) is 5.26 Å². The SMILES string of the molecule is CC(NC1(C)CCS(=O)(=O)C1)c1cccc(C#N)c1. The summed E-state index contributed by atoms with van der Waals surface area (Å²) in [7, 11) is -2.91. The summed E-state index contributed by atoms with van der Waals surface area (Å²) in [5.74, 6) is 0.434. The number of nitrogens with zero attached hydrogens (tertiary/aromatic N) is 1. The fourth-order valence-electron chi connectivity index (χ4n) is 2.61. The van der Waals surface area contributed by atoms with E-state index in [2.05, 4.69) is 11.4 Å². The van der Waals surface area contributed by atoms with Crippen molar-refractivity contribution >= 4 is 9.84 Å².